The van der Waals surface area contributed by atoms with E-state index in [1.165, 1.54) is 0 Å². The molecule has 0 radical (unpaired) electrons. The van der Waals surface area contributed by atoms with Gasteiger partial charge >= 0.3 is 0 Å². The Kier molecular flexibility index (Phi) is 1.07. The minimum absolute atomic E-state index is 0.0895. The van der Waals surface area contributed by atoms with E-state index in [9.17, 15) is 0 Å². The van der Waals surface area contributed by atoms with Gasteiger partial charge in [0.1, 0.15) is 0 Å². The van der Waals surface area contributed by atoms with Crippen molar-refractivity contribution in [3.8, 4) is 0 Å². The Morgan fingerprint density at radius 1 is 1.00 bits per heavy atom. The number of rotatable bonds is 0. The fourth-order valence-electron chi connectivity index (χ4n) is 0.279. The maximum absolute atomic E-state index is 5.48. The standard InChI is InChI=1S/C4H4Cl2/c5-3-1-2-4(3)6/h1-4H/t3-,4-/m1/s1. The Labute approximate surface area is 46.7 Å². The van der Waals surface area contributed by atoms with Crippen LogP contribution in [0.2, 0.25) is 0 Å². The van der Waals surface area contributed by atoms with Gasteiger partial charge in [-0.15, -0.1) is 23.2 Å². The van der Waals surface area contributed by atoms with Crippen LogP contribution in [0.15, 0.2) is 12.2 Å². The quantitative estimate of drug-likeness (QED) is 0.340. The van der Waals surface area contributed by atoms with Gasteiger partial charge in [-0.2, -0.15) is 0 Å². The summed E-state index contributed by atoms with van der Waals surface area (Å²) in [5.74, 6) is 0. The Hall–Kier alpha value is 0.320. The fraction of sp³-hybridized carbons (Fsp3) is 0.500. The van der Waals surface area contributed by atoms with Crippen LogP contribution in [0.4, 0.5) is 0 Å². The van der Waals surface area contributed by atoms with Gasteiger partial charge in [-0.1, -0.05) is 12.2 Å². The molecule has 0 aromatic rings. The summed E-state index contributed by atoms with van der Waals surface area (Å²) in [5, 5.41) is 0.179. The summed E-state index contributed by atoms with van der Waals surface area (Å²) in [4.78, 5) is 0. The molecule has 0 aromatic carbocycles. The first kappa shape index (κ1) is 4.48. The van der Waals surface area contributed by atoms with Gasteiger partial charge in [-0.3, -0.25) is 0 Å². The molecule has 0 amide bonds. The highest BCUT2D eigenvalue weighted by Gasteiger charge is 2.17. The van der Waals surface area contributed by atoms with Crippen LogP contribution in [0.3, 0.4) is 0 Å². The zero-order chi connectivity index (χ0) is 4.57. The zero-order valence-electron chi connectivity index (χ0n) is 3.07. The normalized spacial score (nSPS) is 42.3. The van der Waals surface area contributed by atoms with Crippen LogP contribution < -0.4 is 0 Å². The average Bonchev–Trinajstić information content (AvgIpc) is 1.61. The van der Waals surface area contributed by atoms with Crippen molar-refractivity contribution < 1.29 is 0 Å². The molecule has 1 aliphatic carbocycles. The van der Waals surface area contributed by atoms with E-state index in [2.05, 4.69) is 0 Å². The third kappa shape index (κ3) is 0.548. The molecule has 0 fully saturated rings. The summed E-state index contributed by atoms with van der Waals surface area (Å²) < 4.78 is 0. The summed E-state index contributed by atoms with van der Waals surface area (Å²) in [6, 6.07) is 0. The average molecular weight is 123 g/mol. The monoisotopic (exact) mass is 122 g/mol. The van der Waals surface area contributed by atoms with Crippen LogP contribution in [0.25, 0.3) is 0 Å². The maximum Gasteiger partial charge on any atom is 0.0715 e. The second kappa shape index (κ2) is 1.43. The molecular formula is C4H4Cl2. The van der Waals surface area contributed by atoms with E-state index in [1.807, 2.05) is 12.2 Å². The van der Waals surface area contributed by atoms with E-state index >= 15 is 0 Å². The van der Waals surface area contributed by atoms with Gasteiger partial charge in [-0.25, -0.2) is 0 Å². The molecule has 1 rings (SSSR count). The largest absolute Gasteiger partial charge is 0.117 e. The molecule has 34 valence electrons. The first-order valence-electron chi connectivity index (χ1n) is 1.77. The topological polar surface area (TPSA) is 0 Å². The third-order valence-electron chi connectivity index (χ3n) is 0.783. The van der Waals surface area contributed by atoms with E-state index in [0.29, 0.717) is 0 Å². The summed E-state index contributed by atoms with van der Waals surface area (Å²) in [5.41, 5.74) is 0. The number of hydrogen-bond acceptors (Lipinski definition) is 0. The second-order valence-corrected chi connectivity index (χ2v) is 2.28. The predicted octanol–water partition coefficient (Wildman–Crippen LogP) is 1.77. The summed E-state index contributed by atoms with van der Waals surface area (Å²) in [6.07, 6.45) is 3.75. The van der Waals surface area contributed by atoms with Gasteiger partial charge in [0.15, 0.2) is 0 Å². The van der Waals surface area contributed by atoms with E-state index in [4.69, 9.17) is 23.2 Å². The molecule has 0 saturated heterocycles. The van der Waals surface area contributed by atoms with Gasteiger partial charge < -0.3 is 0 Å². The molecule has 2 heteroatoms. The molecular weight excluding hydrogens is 119 g/mol. The highest BCUT2D eigenvalue weighted by molar-refractivity contribution is 6.33. The molecule has 2 atom stereocenters. The Morgan fingerprint density at radius 3 is 1.33 bits per heavy atom. The van der Waals surface area contributed by atoms with Gasteiger partial charge in [0.2, 0.25) is 0 Å². The number of alkyl halides is 2. The van der Waals surface area contributed by atoms with E-state index in [0.717, 1.165) is 0 Å². The molecule has 1 aliphatic rings. The van der Waals surface area contributed by atoms with Gasteiger partial charge in [0.25, 0.3) is 0 Å². The lowest BCUT2D eigenvalue weighted by Gasteiger charge is -2.15. The van der Waals surface area contributed by atoms with Gasteiger partial charge in [-0.05, 0) is 0 Å². The van der Waals surface area contributed by atoms with Crippen LogP contribution in [0, 0.1) is 0 Å². The van der Waals surface area contributed by atoms with Crippen molar-refractivity contribution >= 4 is 23.2 Å². The highest BCUT2D eigenvalue weighted by Crippen LogP contribution is 2.20. The fourth-order valence-corrected chi connectivity index (χ4v) is 0.615. The van der Waals surface area contributed by atoms with Crippen molar-refractivity contribution in [1.82, 2.24) is 0 Å². The molecule has 0 nitrogen and oxygen atoms in total. The van der Waals surface area contributed by atoms with Crippen LogP contribution in [-0.4, -0.2) is 10.8 Å². The number of halogens is 2. The Morgan fingerprint density at radius 2 is 1.33 bits per heavy atom. The third-order valence-corrected chi connectivity index (χ3v) is 1.75. The zero-order valence-corrected chi connectivity index (χ0v) is 4.58. The summed E-state index contributed by atoms with van der Waals surface area (Å²) >= 11 is 11.0. The summed E-state index contributed by atoms with van der Waals surface area (Å²) in [6.45, 7) is 0. The molecule has 0 heterocycles. The lowest BCUT2D eigenvalue weighted by molar-refractivity contribution is 0.980. The maximum atomic E-state index is 5.48. The predicted molar refractivity (Wildman–Crippen MR) is 28.4 cm³/mol. The first-order chi connectivity index (χ1) is 2.80. The smallest absolute Gasteiger partial charge is 0.0715 e. The minimum Gasteiger partial charge on any atom is -0.117 e. The molecule has 0 saturated carbocycles. The van der Waals surface area contributed by atoms with Gasteiger partial charge in [0.05, 0.1) is 10.8 Å². The van der Waals surface area contributed by atoms with Crippen LogP contribution in [0.5, 0.6) is 0 Å². The second-order valence-electron chi connectivity index (χ2n) is 1.27. The highest BCUT2D eigenvalue weighted by atomic mass is 35.5. The van der Waals surface area contributed by atoms with Crippen molar-refractivity contribution in [1.29, 1.82) is 0 Å². The minimum atomic E-state index is 0.0895. The molecule has 0 bridgehead atoms. The van der Waals surface area contributed by atoms with E-state index in [1.54, 1.807) is 0 Å². The number of allylic oxidation sites excluding steroid dienone is 2. The molecule has 0 spiro atoms. The van der Waals surface area contributed by atoms with Crippen LogP contribution in [0.1, 0.15) is 0 Å². The van der Waals surface area contributed by atoms with E-state index in [-0.39, 0.29) is 10.8 Å². The molecule has 0 aliphatic heterocycles. The van der Waals surface area contributed by atoms with Crippen molar-refractivity contribution in [2.45, 2.75) is 10.8 Å². The van der Waals surface area contributed by atoms with Crippen molar-refractivity contribution in [2.24, 2.45) is 0 Å². The van der Waals surface area contributed by atoms with E-state index < -0.39 is 0 Å². The Balaban J connectivity index is 2.45. The van der Waals surface area contributed by atoms with Crippen molar-refractivity contribution in [2.75, 3.05) is 0 Å². The lowest BCUT2D eigenvalue weighted by atomic mass is 10.1. The van der Waals surface area contributed by atoms with Crippen LogP contribution in [-0.2, 0) is 0 Å². The molecule has 0 N–H and O–H groups in total. The first-order valence-corrected chi connectivity index (χ1v) is 2.64. The van der Waals surface area contributed by atoms with Crippen molar-refractivity contribution in [3.05, 3.63) is 12.2 Å². The Bertz CT molecular complexity index is 67.6. The molecule has 6 heavy (non-hydrogen) atoms. The lowest BCUT2D eigenvalue weighted by Crippen LogP contribution is -2.17. The van der Waals surface area contributed by atoms with Crippen LogP contribution >= 0.6 is 23.2 Å². The van der Waals surface area contributed by atoms with Gasteiger partial charge in [0, 0.05) is 0 Å². The van der Waals surface area contributed by atoms with Crippen molar-refractivity contribution in [3.63, 3.8) is 0 Å². The molecule has 0 unspecified atom stereocenters. The summed E-state index contributed by atoms with van der Waals surface area (Å²) in [7, 11) is 0. The SMILES string of the molecule is Cl[C@@H]1C=C[C@H]1Cl. The molecule has 0 aromatic heterocycles. The number of hydrogen-bond donors (Lipinski definition) is 0.